The van der Waals surface area contributed by atoms with Crippen molar-refractivity contribution in [3.8, 4) is 0 Å². The molecule has 0 unspecified atom stereocenters. The molecular formula is C15H19NO3. The van der Waals surface area contributed by atoms with Crippen molar-refractivity contribution in [2.45, 2.75) is 33.2 Å². The van der Waals surface area contributed by atoms with Gasteiger partial charge in [0.15, 0.2) is 0 Å². The van der Waals surface area contributed by atoms with E-state index in [2.05, 4.69) is 6.07 Å². The highest BCUT2D eigenvalue weighted by Gasteiger charge is 2.16. The number of carboxylic acids is 1. The van der Waals surface area contributed by atoms with Crippen molar-refractivity contribution in [2.75, 3.05) is 6.61 Å². The van der Waals surface area contributed by atoms with Crippen molar-refractivity contribution in [1.29, 1.82) is 0 Å². The van der Waals surface area contributed by atoms with Crippen LogP contribution in [0.5, 0.6) is 0 Å². The van der Waals surface area contributed by atoms with Gasteiger partial charge >= 0.3 is 5.97 Å². The number of aliphatic hydroxyl groups is 1. The topological polar surface area (TPSA) is 62.5 Å². The van der Waals surface area contributed by atoms with Crippen molar-refractivity contribution in [2.24, 2.45) is 0 Å². The largest absolute Gasteiger partial charge is 0.478 e. The molecule has 0 spiro atoms. The Kier molecular flexibility index (Phi) is 3.90. The smallest absolute Gasteiger partial charge is 0.337 e. The standard InChI is InChI=1S/C15H19NO3/c1-3-11-7-12-10(2)9-16(5-4-6-17)14(12)13(8-11)15(18)19/h7-9,17H,3-6H2,1-2H3,(H,18,19). The highest BCUT2D eigenvalue weighted by Crippen LogP contribution is 2.27. The summed E-state index contributed by atoms with van der Waals surface area (Å²) in [5.74, 6) is -0.899. The molecule has 102 valence electrons. The van der Waals surface area contributed by atoms with Gasteiger partial charge in [0.2, 0.25) is 0 Å². The number of aromatic carboxylic acids is 1. The lowest BCUT2D eigenvalue weighted by Crippen LogP contribution is -2.05. The molecule has 0 saturated carbocycles. The summed E-state index contributed by atoms with van der Waals surface area (Å²) >= 11 is 0. The number of aryl methyl sites for hydroxylation is 3. The van der Waals surface area contributed by atoms with E-state index in [9.17, 15) is 9.90 Å². The molecule has 19 heavy (non-hydrogen) atoms. The van der Waals surface area contributed by atoms with Crippen LogP contribution in [0.1, 0.15) is 34.8 Å². The summed E-state index contributed by atoms with van der Waals surface area (Å²) in [6.07, 6.45) is 3.40. The SMILES string of the molecule is CCc1cc(C(=O)O)c2c(c1)c(C)cn2CCCO. The minimum Gasteiger partial charge on any atom is -0.478 e. The number of carbonyl (C=O) groups is 1. The van der Waals surface area contributed by atoms with Crippen LogP contribution in [0.2, 0.25) is 0 Å². The van der Waals surface area contributed by atoms with Gasteiger partial charge in [-0.2, -0.15) is 0 Å². The fourth-order valence-corrected chi connectivity index (χ4v) is 2.46. The first-order chi connectivity index (χ1) is 9.08. The molecule has 4 nitrogen and oxygen atoms in total. The maximum Gasteiger partial charge on any atom is 0.337 e. The van der Waals surface area contributed by atoms with Gasteiger partial charge in [-0.3, -0.25) is 0 Å². The molecular weight excluding hydrogens is 242 g/mol. The van der Waals surface area contributed by atoms with E-state index in [0.717, 1.165) is 28.5 Å². The van der Waals surface area contributed by atoms with E-state index < -0.39 is 5.97 Å². The van der Waals surface area contributed by atoms with E-state index in [-0.39, 0.29) is 6.61 Å². The predicted molar refractivity (Wildman–Crippen MR) is 74.7 cm³/mol. The Bertz CT molecular complexity index is 613. The normalized spacial score (nSPS) is 11.1. The minimum absolute atomic E-state index is 0.105. The summed E-state index contributed by atoms with van der Waals surface area (Å²) in [7, 11) is 0. The van der Waals surface area contributed by atoms with E-state index in [1.807, 2.05) is 24.6 Å². The van der Waals surface area contributed by atoms with Crippen LogP contribution in [0.4, 0.5) is 0 Å². The van der Waals surface area contributed by atoms with E-state index in [1.54, 1.807) is 6.07 Å². The molecule has 0 bridgehead atoms. The fraction of sp³-hybridized carbons (Fsp3) is 0.400. The van der Waals surface area contributed by atoms with Gasteiger partial charge in [0.1, 0.15) is 0 Å². The molecule has 0 radical (unpaired) electrons. The summed E-state index contributed by atoms with van der Waals surface area (Å²) in [5, 5.41) is 19.3. The number of hydrogen-bond acceptors (Lipinski definition) is 2. The number of benzene rings is 1. The third-order valence-electron chi connectivity index (χ3n) is 3.43. The van der Waals surface area contributed by atoms with Gasteiger partial charge in [-0.05, 0) is 43.0 Å². The van der Waals surface area contributed by atoms with Gasteiger partial charge in [0, 0.05) is 24.7 Å². The van der Waals surface area contributed by atoms with Gasteiger partial charge in [-0.1, -0.05) is 6.92 Å². The van der Waals surface area contributed by atoms with Crippen LogP contribution in [0.15, 0.2) is 18.3 Å². The zero-order chi connectivity index (χ0) is 14.0. The molecule has 0 fully saturated rings. The van der Waals surface area contributed by atoms with Crippen LogP contribution in [0.25, 0.3) is 10.9 Å². The Morgan fingerprint density at radius 1 is 1.37 bits per heavy atom. The average Bonchev–Trinajstić information content (AvgIpc) is 2.72. The summed E-state index contributed by atoms with van der Waals surface area (Å²) < 4.78 is 1.93. The maximum absolute atomic E-state index is 11.5. The molecule has 1 aromatic carbocycles. The lowest BCUT2D eigenvalue weighted by Gasteiger charge is -2.08. The van der Waals surface area contributed by atoms with E-state index in [1.165, 1.54) is 0 Å². The molecule has 1 aromatic heterocycles. The molecule has 2 aromatic rings. The Balaban J connectivity index is 2.69. The monoisotopic (exact) mass is 261 g/mol. The number of fused-ring (bicyclic) bond motifs is 1. The summed E-state index contributed by atoms with van der Waals surface area (Å²) in [6.45, 7) is 4.74. The van der Waals surface area contributed by atoms with Gasteiger partial charge in [-0.25, -0.2) is 4.79 Å². The zero-order valence-electron chi connectivity index (χ0n) is 11.3. The van der Waals surface area contributed by atoms with Gasteiger partial charge in [0.05, 0.1) is 11.1 Å². The second-order valence-electron chi connectivity index (χ2n) is 4.78. The number of nitrogens with zero attached hydrogens (tertiary/aromatic N) is 1. The Labute approximate surface area is 112 Å². The fourth-order valence-electron chi connectivity index (χ4n) is 2.46. The zero-order valence-corrected chi connectivity index (χ0v) is 11.3. The Morgan fingerprint density at radius 2 is 2.11 bits per heavy atom. The van der Waals surface area contributed by atoms with Gasteiger partial charge in [-0.15, -0.1) is 0 Å². The molecule has 4 heteroatoms. The molecule has 2 N–H and O–H groups in total. The highest BCUT2D eigenvalue weighted by atomic mass is 16.4. The molecule has 1 heterocycles. The Morgan fingerprint density at radius 3 is 2.68 bits per heavy atom. The maximum atomic E-state index is 11.5. The number of rotatable bonds is 5. The van der Waals surface area contributed by atoms with E-state index in [4.69, 9.17) is 5.11 Å². The summed E-state index contributed by atoms with van der Waals surface area (Å²) in [6, 6.07) is 3.81. The van der Waals surface area contributed by atoms with Crippen LogP contribution in [-0.2, 0) is 13.0 Å². The second-order valence-corrected chi connectivity index (χ2v) is 4.78. The molecule has 0 amide bonds. The Hall–Kier alpha value is -1.81. The van der Waals surface area contributed by atoms with Crippen molar-refractivity contribution in [1.82, 2.24) is 4.57 Å². The summed E-state index contributed by atoms with van der Waals surface area (Å²) in [4.78, 5) is 11.5. The van der Waals surface area contributed by atoms with Crippen LogP contribution < -0.4 is 0 Å². The molecule has 0 aliphatic rings. The molecule has 0 aliphatic heterocycles. The minimum atomic E-state index is -0.899. The number of carboxylic acid groups (broad SMARTS) is 1. The van der Waals surface area contributed by atoms with Gasteiger partial charge < -0.3 is 14.8 Å². The lowest BCUT2D eigenvalue weighted by atomic mass is 10.0. The van der Waals surface area contributed by atoms with E-state index >= 15 is 0 Å². The first-order valence-corrected chi connectivity index (χ1v) is 6.55. The third-order valence-corrected chi connectivity index (χ3v) is 3.43. The predicted octanol–water partition coefficient (Wildman–Crippen LogP) is 2.59. The first kappa shape index (κ1) is 13.6. The van der Waals surface area contributed by atoms with Crippen molar-refractivity contribution < 1.29 is 15.0 Å². The van der Waals surface area contributed by atoms with Crippen molar-refractivity contribution >= 4 is 16.9 Å². The van der Waals surface area contributed by atoms with Crippen molar-refractivity contribution in [3.63, 3.8) is 0 Å². The second kappa shape index (κ2) is 5.45. The lowest BCUT2D eigenvalue weighted by molar-refractivity contribution is 0.0698. The van der Waals surface area contributed by atoms with Crippen LogP contribution >= 0.6 is 0 Å². The van der Waals surface area contributed by atoms with Crippen LogP contribution in [-0.4, -0.2) is 27.4 Å². The molecule has 2 rings (SSSR count). The molecule has 0 aliphatic carbocycles. The average molecular weight is 261 g/mol. The number of aromatic nitrogens is 1. The molecule has 0 saturated heterocycles. The van der Waals surface area contributed by atoms with Crippen LogP contribution in [0, 0.1) is 6.92 Å². The third kappa shape index (κ3) is 2.49. The number of hydrogen-bond donors (Lipinski definition) is 2. The van der Waals surface area contributed by atoms with Gasteiger partial charge in [0.25, 0.3) is 0 Å². The highest BCUT2D eigenvalue weighted by molar-refractivity contribution is 6.03. The van der Waals surface area contributed by atoms with E-state index in [0.29, 0.717) is 18.5 Å². The summed E-state index contributed by atoms with van der Waals surface area (Å²) in [5.41, 5.74) is 3.22. The number of aliphatic hydroxyl groups excluding tert-OH is 1. The quantitative estimate of drug-likeness (QED) is 0.869. The first-order valence-electron chi connectivity index (χ1n) is 6.55. The molecule has 0 atom stereocenters. The van der Waals surface area contributed by atoms with Crippen molar-refractivity contribution in [3.05, 3.63) is 35.0 Å². The van der Waals surface area contributed by atoms with Crippen LogP contribution in [0.3, 0.4) is 0 Å².